The van der Waals surface area contributed by atoms with Gasteiger partial charge in [-0.2, -0.15) is 5.26 Å². The molecule has 1 saturated heterocycles. The number of hydrogen-bond donors (Lipinski definition) is 1. The van der Waals surface area contributed by atoms with E-state index in [1.165, 1.54) is 11.2 Å². The lowest BCUT2D eigenvalue weighted by molar-refractivity contribution is 0.0654. The summed E-state index contributed by atoms with van der Waals surface area (Å²) in [7, 11) is 0. The minimum atomic E-state index is -0.406. The third kappa shape index (κ3) is 1.85. The standard InChI is InChI=1S/C10H11N3O2/c11-6-8-7-12-3-4-13(8)10(14)9-2-1-5-15-9/h1-2,5,8,12H,3-4,7H2. The van der Waals surface area contributed by atoms with Crippen molar-refractivity contribution >= 4 is 5.91 Å². The quantitative estimate of drug-likeness (QED) is 0.712. The monoisotopic (exact) mass is 205 g/mol. The van der Waals surface area contributed by atoms with Crippen LogP contribution in [0.1, 0.15) is 10.6 Å². The van der Waals surface area contributed by atoms with Crippen LogP contribution in [0, 0.1) is 11.3 Å². The first-order chi connectivity index (χ1) is 7.33. The number of nitrogens with one attached hydrogen (secondary N) is 1. The fourth-order valence-electron chi connectivity index (χ4n) is 1.60. The first kappa shape index (κ1) is 9.74. The van der Waals surface area contributed by atoms with E-state index < -0.39 is 6.04 Å². The highest BCUT2D eigenvalue weighted by molar-refractivity contribution is 5.92. The highest BCUT2D eigenvalue weighted by Crippen LogP contribution is 2.10. The van der Waals surface area contributed by atoms with Gasteiger partial charge in [-0.15, -0.1) is 0 Å². The van der Waals surface area contributed by atoms with Crippen LogP contribution in [0.25, 0.3) is 0 Å². The largest absolute Gasteiger partial charge is 0.459 e. The van der Waals surface area contributed by atoms with E-state index in [9.17, 15) is 4.79 Å². The number of nitrogens with zero attached hydrogens (tertiary/aromatic N) is 2. The van der Waals surface area contributed by atoms with Crippen molar-refractivity contribution in [2.45, 2.75) is 6.04 Å². The number of nitriles is 1. The normalized spacial score (nSPS) is 21.0. The minimum Gasteiger partial charge on any atom is -0.459 e. The van der Waals surface area contributed by atoms with Crippen LogP contribution in [0.4, 0.5) is 0 Å². The van der Waals surface area contributed by atoms with Gasteiger partial charge in [0.05, 0.1) is 12.3 Å². The fourth-order valence-corrected chi connectivity index (χ4v) is 1.60. The molecule has 1 atom stereocenters. The van der Waals surface area contributed by atoms with E-state index in [4.69, 9.17) is 9.68 Å². The summed E-state index contributed by atoms with van der Waals surface area (Å²) in [5, 5.41) is 12.0. The van der Waals surface area contributed by atoms with Gasteiger partial charge in [0.1, 0.15) is 6.04 Å². The smallest absolute Gasteiger partial charge is 0.290 e. The molecule has 1 aromatic heterocycles. The predicted molar refractivity (Wildman–Crippen MR) is 52.0 cm³/mol. The molecular weight excluding hydrogens is 194 g/mol. The highest BCUT2D eigenvalue weighted by atomic mass is 16.3. The van der Waals surface area contributed by atoms with Crippen molar-refractivity contribution in [1.29, 1.82) is 5.26 Å². The summed E-state index contributed by atoms with van der Waals surface area (Å²) >= 11 is 0. The molecule has 0 aliphatic carbocycles. The van der Waals surface area contributed by atoms with E-state index >= 15 is 0 Å². The lowest BCUT2D eigenvalue weighted by Gasteiger charge is -2.31. The molecule has 1 N–H and O–H groups in total. The molecule has 0 spiro atoms. The molecule has 1 aliphatic rings. The van der Waals surface area contributed by atoms with E-state index in [2.05, 4.69) is 11.4 Å². The zero-order valence-electron chi connectivity index (χ0n) is 8.14. The van der Waals surface area contributed by atoms with Crippen LogP contribution in [0.15, 0.2) is 22.8 Å². The summed E-state index contributed by atoms with van der Waals surface area (Å²) in [6.45, 7) is 1.77. The Morgan fingerprint density at radius 3 is 3.27 bits per heavy atom. The summed E-state index contributed by atoms with van der Waals surface area (Å²) in [6, 6.07) is 4.97. The van der Waals surface area contributed by atoms with Gasteiger partial charge in [0, 0.05) is 19.6 Å². The number of rotatable bonds is 1. The van der Waals surface area contributed by atoms with Crippen LogP contribution in [0.5, 0.6) is 0 Å². The molecule has 0 radical (unpaired) electrons. The van der Waals surface area contributed by atoms with E-state index in [0.717, 1.165) is 0 Å². The Morgan fingerprint density at radius 2 is 2.60 bits per heavy atom. The van der Waals surface area contributed by atoms with Crippen LogP contribution in [-0.4, -0.2) is 36.5 Å². The molecule has 1 amide bonds. The lowest BCUT2D eigenvalue weighted by Crippen LogP contribution is -2.52. The summed E-state index contributed by atoms with van der Waals surface area (Å²) in [5.74, 6) is 0.0743. The van der Waals surface area contributed by atoms with Gasteiger partial charge in [-0.3, -0.25) is 4.79 Å². The Balaban J connectivity index is 2.15. The van der Waals surface area contributed by atoms with Gasteiger partial charge in [-0.25, -0.2) is 0 Å². The number of hydrogen-bond acceptors (Lipinski definition) is 4. The number of amides is 1. The van der Waals surface area contributed by atoms with Crippen molar-refractivity contribution < 1.29 is 9.21 Å². The van der Waals surface area contributed by atoms with E-state index in [1.807, 2.05) is 0 Å². The van der Waals surface area contributed by atoms with Gasteiger partial charge in [-0.1, -0.05) is 0 Å². The Bertz CT molecular complexity index is 380. The maximum Gasteiger partial charge on any atom is 0.290 e. The lowest BCUT2D eigenvalue weighted by atomic mass is 10.2. The number of furan rings is 1. The molecule has 78 valence electrons. The second-order valence-electron chi connectivity index (χ2n) is 3.32. The first-order valence-corrected chi connectivity index (χ1v) is 4.77. The van der Waals surface area contributed by atoms with Gasteiger partial charge in [0.15, 0.2) is 5.76 Å². The summed E-state index contributed by atoms with van der Waals surface area (Å²) < 4.78 is 5.02. The summed E-state index contributed by atoms with van der Waals surface area (Å²) in [6.07, 6.45) is 1.46. The van der Waals surface area contributed by atoms with Crippen LogP contribution >= 0.6 is 0 Å². The third-order valence-electron chi connectivity index (χ3n) is 2.39. The van der Waals surface area contributed by atoms with Gasteiger partial charge in [0.2, 0.25) is 0 Å². The molecule has 15 heavy (non-hydrogen) atoms. The third-order valence-corrected chi connectivity index (χ3v) is 2.39. The van der Waals surface area contributed by atoms with Gasteiger partial charge in [-0.05, 0) is 12.1 Å². The summed E-state index contributed by atoms with van der Waals surface area (Å²) in [4.78, 5) is 13.4. The SMILES string of the molecule is N#CC1CNCCN1C(=O)c1ccco1. The van der Waals surface area contributed by atoms with Gasteiger partial charge >= 0.3 is 0 Å². The van der Waals surface area contributed by atoms with E-state index in [1.54, 1.807) is 12.1 Å². The average molecular weight is 205 g/mol. The first-order valence-electron chi connectivity index (χ1n) is 4.77. The molecule has 2 rings (SSSR count). The Kier molecular flexibility index (Phi) is 2.70. The van der Waals surface area contributed by atoms with Crippen LogP contribution in [0.3, 0.4) is 0 Å². The molecule has 5 heteroatoms. The maximum absolute atomic E-state index is 11.9. The van der Waals surface area contributed by atoms with Crippen molar-refractivity contribution in [2.75, 3.05) is 19.6 Å². The van der Waals surface area contributed by atoms with Gasteiger partial charge < -0.3 is 14.6 Å². The van der Waals surface area contributed by atoms with Crippen LogP contribution in [0.2, 0.25) is 0 Å². The maximum atomic E-state index is 11.9. The number of carbonyl (C=O) groups excluding carboxylic acids is 1. The van der Waals surface area contributed by atoms with Gasteiger partial charge in [0.25, 0.3) is 5.91 Å². The molecule has 5 nitrogen and oxygen atoms in total. The Hall–Kier alpha value is -1.80. The van der Waals surface area contributed by atoms with Crippen LogP contribution < -0.4 is 5.32 Å². The average Bonchev–Trinajstić information content (AvgIpc) is 2.81. The molecule has 0 aromatic carbocycles. The Morgan fingerprint density at radius 1 is 1.73 bits per heavy atom. The molecule has 1 aromatic rings. The zero-order chi connectivity index (χ0) is 10.7. The van der Waals surface area contributed by atoms with Crippen molar-refractivity contribution in [1.82, 2.24) is 10.2 Å². The van der Waals surface area contributed by atoms with E-state index in [-0.39, 0.29) is 11.7 Å². The molecule has 1 unspecified atom stereocenters. The molecular formula is C10H11N3O2. The second-order valence-corrected chi connectivity index (χ2v) is 3.32. The molecule has 1 aliphatic heterocycles. The minimum absolute atomic E-state index is 0.215. The molecule has 0 saturated carbocycles. The predicted octanol–water partition coefficient (Wildman–Crippen LogP) is 0.217. The van der Waals surface area contributed by atoms with E-state index in [0.29, 0.717) is 19.6 Å². The fraction of sp³-hybridized carbons (Fsp3) is 0.400. The van der Waals surface area contributed by atoms with Crippen molar-refractivity contribution in [3.63, 3.8) is 0 Å². The number of carbonyl (C=O) groups is 1. The van der Waals surface area contributed by atoms with Crippen LogP contribution in [-0.2, 0) is 0 Å². The molecule has 2 heterocycles. The highest BCUT2D eigenvalue weighted by Gasteiger charge is 2.28. The Labute approximate surface area is 87.3 Å². The molecule has 1 fully saturated rings. The topological polar surface area (TPSA) is 69.3 Å². The number of piperazine rings is 1. The molecule has 0 bridgehead atoms. The van der Waals surface area contributed by atoms with Crippen molar-refractivity contribution in [3.05, 3.63) is 24.2 Å². The summed E-state index contributed by atoms with van der Waals surface area (Å²) in [5.41, 5.74) is 0. The van der Waals surface area contributed by atoms with Crippen molar-refractivity contribution in [2.24, 2.45) is 0 Å². The second kappa shape index (κ2) is 4.15. The van der Waals surface area contributed by atoms with Crippen molar-refractivity contribution in [3.8, 4) is 6.07 Å². The zero-order valence-corrected chi connectivity index (χ0v) is 8.14.